The maximum absolute atomic E-state index is 13.8. The number of amides is 3. The largest absolute Gasteiger partial charge is 0.349 e. The Bertz CT molecular complexity index is 1120. The van der Waals surface area contributed by atoms with Crippen molar-refractivity contribution in [3.05, 3.63) is 59.4 Å². The molecule has 0 spiro atoms. The summed E-state index contributed by atoms with van der Waals surface area (Å²) in [6.45, 7) is 2.10. The Labute approximate surface area is 190 Å². The van der Waals surface area contributed by atoms with Gasteiger partial charge < -0.3 is 10.2 Å². The number of para-hydroxylation sites is 1. The summed E-state index contributed by atoms with van der Waals surface area (Å²) in [5, 5.41) is 3.02. The summed E-state index contributed by atoms with van der Waals surface area (Å²) in [5.41, 5.74) is 1.15. The van der Waals surface area contributed by atoms with Crippen molar-refractivity contribution in [3.8, 4) is 0 Å². The van der Waals surface area contributed by atoms with E-state index in [2.05, 4.69) is 5.32 Å². The van der Waals surface area contributed by atoms with Crippen molar-refractivity contribution in [1.82, 2.24) is 10.2 Å². The standard InChI is InChI=1S/C24H24FN3O3S/c1-24-11-8-22(30)28(24)19-5-3-2-4-16(19)23(31)27(24)12-9-21(29)26-18-10-13-32-20-7-6-15(25)14-17(18)20/h2-7,14,18H,8-13H2,1H3,(H,26,29)/t18-,24-/m1/s1. The first-order valence-electron chi connectivity index (χ1n) is 10.8. The molecule has 8 heteroatoms. The van der Waals surface area contributed by atoms with Crippen LogP contribution in [-0.2, 0) is 9.59 Å². The van der Waals surface area contributed by atoms with Gasteiger partial charge >= 0.3 is 0 Å². The molecule has 32 heavy (non-hydrogen) atoms. The van der Waals surface area contributed by atoms with E-state index in [-0.39, 0.29) is 42.5 Å². The second-order valence-corrected chi connectivity index (χ2v) is 9.75. The van der Waals surface area contributed by atoms with Gasteiger partial charge in [-0.05, 0) is 55.7 Å². The van der Waals surface area contributed by atoms with E-state index in [1.165, 1.54) is 12.1 Å². The Balaban J connectivity index is 1.33. The molecule has 3 aliphatic heterocycles. The number of thioether (sulfide) groups is 1. The molecule has 1 saturated heterocycles. The van der Waals surface area contributed by atoms with Crippen molar-refractivity contribution in [3.63, 3.8) is 0 Å². The molecule has 6 nitrogen and oxygen atoms in total. The molecule has 0 unspecified atom stereocenters. The van der Waals surface area contributed by atoms with E-state index in [1.807, 2.05) is 13.0 Å². The highest BCUT2D eigenvalue weighted by Crippen LogP contribution is 2.44. The van der Waals surface area contributed by atoms with Crippen LogP contribution < -0.4 is 10.2 Å². The van der Waals surface area contributed by atoms with Crippen LogP contribution in [0.25, 0.3) is 0 Å². The molecule has 3 amide bonds. The number of fused-ring (bicyclic) bond motifs is 4. The lowest BCUT2D eigenvalue weighted by Crippen LogP contribution is -2.62. The first-order chi connectivity index (χ1) is 15.4. The highest BCUT2D eigenvalue weighted by Gasteiger charge is 2.52. The third-order valence-corrected chi connectivity index (χ3v) is 7.78. The molecular formula is C24H24FN3O3S. The number of carbonyl (C=O) groups excluding carboxylic acids is 3. The van der Waals surface area contributed by atoms with Gasteiger partial charge in [0.2, 0.25) is 11.8 Å². The molecule has 0 radical (unpaired) electrons. The number of benzene rings is 2. The number of rotatable bonds is 4. The van der Waals surface area contributed by atoms with Crippen LogP contribution >= 0.6 is 11.8 Å². The minimum absolute atomic E-state index is 0.0137. The van der Waals surface area contributed by atoms with Gasteiger partial charge in [-0.25, -0.2) is 4.39 Å². The molecular weight excluding hydrogens is 429 g/mol. The number of nitrogens with zero attached hydrogens (tertiary/aromatic N) is 2. The van der Waals surface area contributed by atoms with Gasteiger partial charge in [-0.3, -0.25) is 19.3 Å². The van der Waals surface area contributed by atoms with E-state index in [9.17, 15) is 18.8 Å². The van der Waals surface area contributed by atoms with Crippen LogP contribution in [-0.4, -0.2) is 40.6 Å². The zero-order valence-electron chi connectivity index (χ0n) is 17.8. The van der Waals surface area contributed by atoms with E-state index in [1.54, 1.807) is 45.8 Å². The second-order valence-electron chi connectivity index (χ2n) is 8.61. The van der Waals surface area contributed by atoms with Crippen molar-refractivity contribution in [2.24, 2.45) is 0 Å². The average Bonchev–Trinajstić information content (AvgIpc) is 3.09. The van der Waals surface area contributed by atoms with Crippen LogP contribution in [0.1, 0.15) is 54.6 Å². The zero-order chi connectivity index (χ0) is 22.5. The minimum atomic E-state index is -0.778. The van der Waals surface area contributed by atoms with Crippen molar-refractivity contribution < 1.29 is 18.8 Å². The molecule has 5 rings (SSSR count). The molecule has 3 heterocycles. The molecule has 1 fully saturated rings. The van der Waals surface area contributed by atoms with Gasteiger partial charge in [0.1, 0.15) is 11.5 Å². The molecule has 3 aliphatic rings. The Kier molecular flexibility index (Phi) is 5.20. The van der Waals surface area contributed by atoms with Crippen molar-refractivity contribution in [2.45, 2.75) is 49.2 Å². The minimum Gasteiger partial charge on any atom is -0.349 e. The molecule has 2 aromatic carbocycles. The van der Waals surface area contributed by atoms with Crippen LogP contribution in [0.15, 0.2) is 47.4 Å². The fourth-order valence-corrected chi connectivity index (χ4v) is 6.14. The molecule has 0 aliphatic carbocycles. The summed E-state index contributed by atoms with van der Waals surface area (Å²) in [7, 11) is 0. The smallest absolute Gasteiger partial charge is 0.257 e. The summed E-state index contributed by atoms with van der Waals surface area (Å²) in [6, 6.07) is 11.6. The summed E-state index contributed by atoms with van der Waals surface area (Å²) < 4.78 is 13.8. The number of nitrogens with one attached hydrogen (secondary N) is 1. The molecule has 0 saturated carbocycles. The number of hydrogen-bond donors (Lipinski definition) is 1. The number of halogens is 1. The predicted molar refractivity (Wildman–Crippen MR) is 120 cm³/mol. The van der Waals surface area contributed by atoms with Crippen molar-refractivity contribution in [1.29, 1.82) is 0 Å². The van der Waals surface area contributed by atoms with Crippen LogP contribution in [0.4, 0.5) is 10.1 Å². The Morgan fingerprint density at radius 1 is 1.25 bits per heavy atom. The van der Waals surface area contributed by atoms with Crippen LogP contribution in [0.5, 0.6) is 0 Å². The van der Waals surface area contributed by atoms with E-state index < -0.39 is 5.66 Å². The second kappa shape index (κ2) is 7.92. The van der Waals surface area contributed by atoms with E-state index in [0.29, 0.717) is 24.1 Å². The lowest BCUT2D eigenvalue weighted by molar-refractivity contribution is -0.122. The quantitative estimate of drug-likeness (QED) is 0.763. The summed E-state index contributed by atoms with van der Waals surface area (Å²) in [4.78, 5) is 43.1. The van der Waals surface area contributed by atoms with Crippen LogP contribution in [0.2, 0.25) is 0 Å². The third-order valence-electron chi connectivity index (χ3n) is 6.65. The highest BCUT2D eigenvalue weighted by atomic mass is 32.2. The van der Waals surface area contributed by atoms with Gasteiger partial charge in [-0.2, -0.15) is 0 Å². The summed E-state index contributed by atoms with van der Waals surface area (Å²) >= 11 is 1.66. The first kappa shape index (κ1) is 21.0. The van der Waals surface area contributed by atoms with E-state index >= 15 is 0 Å². The summed E-state index contributed by atoms with van der Waals surface area (Å²) in [6.07, 6.45) is 1.73. The Morgan fingerprint density at radius 2 is 2.06 bits per heavy atom. The van der Waals surface area contributed by atoms with Gasteiger partial charge in [-0.1, -0.05) is 12.1 Å². The Morgan fingerprint density at radius 3 is 2.91 bits per heavy atom. The SMILES string of the molecule is C[C@]12CCC(=O)N1c1ccccc1C(=O)N2CCC(=O)N[C@@H]1CCSc2ccc(F)cc21. The predicted octanol–water partition coefficient (Wildman–Crippen LogP) is 3.87. The topological polar surface area (TPSA) is 69.7 Å². The number of anilines is 1. The fourth-order valence-electron chi connectivity index (χ4n) is 5.04. The van der Waals surface area contributed by atoms with Crippen LogP contribution in [0.3, 0.4) is 0 Å². The third kappa shape index (κ3) is 3.37. The molecule has 166 valence electrons. The molecule has 0 aromatic heterocycles. The maximum atomic E-state index is 13.8. The molecule has 2 atom stereocenters. The van der Waals surface area contributed by atoms with E-state index in [4.69, 9.17) is 0 Å². The lowest BCUT2D eigenvalue weighted by atomic mass is 9.98. The van der Waals surface area contributed by atoms with Gasteiger partial charge in [-0.15, -0.1) is 11.8 Å². The number of hydrogen-bond acceptors (Lipinski definition) is 4. The van der Waals surface area contributed by atoms with Gasteiger partial charge in [0.15, 0.2) is 0 Å². The molecule has 2 aromatic rings. The first-order valence-corrected chi connectivity index (χ1v) is 11.8. The van der Waals surface area contributed by atoms with Gasteiger partial charge in [0.25, 0.3) is 5.91 Å². The fraction of sp³-hybridized carbons (Fsp3) is 0.375. The Hall–Kier alpha value is -2.87. The number of carbonyl (C=O) groups is 3. The monoisotopic (exact) mass is 453 g/mol. The van der Waals surface area contributed by atoms with Crippen molar-refractivity contribution in [2.75, 3.05) is 17.2 Å². The molecule has 0 bridgehead atoms. The lowest BCUT2D eigenvalue weighted by Gasteiger charge is -2.48. The average molecular weight is 454 g/mol. The maximum Gasteiger partial charge on any atom is 0.257 e. The van der Waals surface area contributed by atoms with Gasteiger partial charge in [0, 0.05) is 30.0 Å². The van der Waals surface area contributed by atoms with Gasteiger partial charge in [0.05, 0.1) is 17.3 Å². The van der Waals surface area contributed by atoms with Crippen molar-refractivity contribution >= 4 is 35.2 Å². The molecule has 1 N–H and O–H groups in total. The zero-order valence-corrected chi connectivity index (χ0v) is 18.6. The summed E-state index contributed by atoms with van der Waals surface area (Å²) in [5.74, 6) is 0.161. The highest BCUT2D eigenvalue weighted by molar-refractivity contribution is 7.99. The normalized spacial score (nSPS) is 24.1. The van der Waals surface area contributed by atoms with E-state index in [0.717, 1.165) is 22.6 Å². The van der Waals surface area contributed by atoms with Crippen LogP contribution in [0, 0.1) is 5.82 Å².